The molecule has 1 saturated heterocycles. The molecule has 0 bridgehead atoms. The number of hydrogen-bond acceptors (Lipinski definition) is 4. The monoisotopic (exact) mass is 400 g/mol. The topological polar surface area (TPSA) is 66.9 Å². The molecule has 6 heteroatoms. The zero-order chi connectivity index (χ0) is 20.6. The summed E-state index contributed by atoms with van der Waals surface area (Å²) in [6, 6.07) is 6.70. The molecule has 1 aliphatic carbocycles. The normalized spacial score (nSPS) is 18.2. The van der Waals surface area contributed by atoms with Gasteiger partial charge in [-0.15, -0.1) is 0 Å². The van der Waals surface area contributed by atoms with Gasteiger partial charge in [0.25, 0.3) is 5.91 Å². The van der Waals surface area contributed by atoms with Crippen LogP contribution in [0.3, 0.4) is 0 Å². The summed E-state index contributed by atoms with van der Waals surface area (Å²) in [5.74, 6) is 0.809. The predicted molar refractivity (Wildman–Crippen MR) is 111 cm³/mol. The Morgan fingerprint density at radius 1 is 0.966 bits per heavy atom. The minimum absolute atomic E-state index is 0.0875. The lowest BCUT2D eigenvalue weighted by atomic mass is 9.86. The predicted octanol–water partition coefficient (Wildman–Crippen LogP) is 3.65. The van der Waals surface area contributed by atoms with Crippen LogP contribution in [0.2, 0.25) is 0 Å². The second kappa shape index (κ2) is 10.4. The number of hydrogen-bond donors (Lipinski definition) is 0. The van der Waals surface area contributed by atoms with Gasteiger partial charge >= 0.3 is 5.97 Å². The molecule has 1 aliphatic heterocycles. The van der Waals surface area contributed by atoms with Crippen LogP contribution < -0.4 is 4.74 Å². The summed E-state index contributed by atoms with van der Waals surface area (Å²) in [5.41, 5.74) is 0.501. The molecule has 2 amide bonds. The molecule has 0 radical (unpaired) electrons. The Morgan fingerprint density at radius 3 is 2.45 bits per heavy atom. The fourth-order valence-corrected chi connectivity index (χ4v) is 4.37. The van der Waals surface area contributed by atoms with E-state index in [4.69, 9.17) is 4.74 Å². The molecule has 0 N–H and O–H groups in total. The second-order valence-electron chi connectivity index (χ2n) is 8.19. The molecule has 1 saturated carbocycles. The first kappa shape index (κ1) is 21.3. The molecule has 1 heterocycles. The summed E-state index contributed by atoms with van der Waals surface area (Å²) >= 11 is 0. The van der Waals surface area contributed by atoms with Crippen molar-refractivity contribution in [2.24, 2.45) is 5.92 Å². The van der Waals surface area contributed by atoms with E-state index in [9.17, 15) is 14.4 Å². The first-order valence-electron chi connectivity index (χ1n) is 10.9. The highest BCUT2D eigenvalue weighted by Gasteiger charge is 2.24. The van der Waals surface area contributed by atoms with Gasteiger partial charge in [-0.05, 0) is 37.0 Å². The van der Waals surface area contributed by atoms with E-state index in [1.54, 1.807) is 29.2 Å². The van der Waals surface area contributed by atoms with Crippen molar-refractivity contribution in [1.82, 2.24) is 9.80 Å². The van der Waals surface area contributed by atoms with Crippen molar-refractivity contribution in [1.29, 1.82) is 0 Å². The number of carbonyl (C=O) groups excluding carboxylic acids is 3. The Hall–Kier alpha value is -2.37. The van der Waals surface area contributed by atoms with E-state index in [0.29, 0.717) is 49.8 Å². The van der Waals surface area contributed by atoms with Gasteiger partial charge in [-0.1, -0.05) is 38.2 Å². The third-order valence-electron chi connectivity index (χ3n) is 5.97. The summed E-state index contributed by atoms with van der Waals surface area (Å²) in [7, 11) is 0. The Morgan fingerprint density at radius 2 is 1.69 bits per heavy atom. The van der Waals surface area contributed by atoms with E-state index in [0.717, 1.165) is 12.8 Å². The van der Waals surface area contributed by atoms with Crippen molar-refractivity contribution in [3.63, 3.8) is 0 Å². The van der Waals surface area contributed by atoms with Crippen LogP contribution in [0.4, 0.5) is 0 Å². The molecule has 3 rings (SSSR count). The zero-order valence-electron chi connectivity index (χ0n) is 17.4. The maximum Gasteiger partial charge on any atom is 0.308 e. The van der Waals surface area contributed by atoms with Crippen molar-refractivity contribution in [2.45, 2.75) is 58.3 Å². The minimum atomic E-state index is -0.410. The number of carbonyl (C=O) groups is 3. The summed E-state index contributed by atoms with van der Waals surface area (Å²) in [6.07, 6.45) is 8.89. The smallest absolute Gasteiger partial charge is 0.308 e. The zero-order valence-corrected chi connectivity index (χ0v) is 17.4. The maximum absolute atomic E-state index is 12.9. The van der Waals surface area contributed by atoms with Crippen LogP contribution in [0.25, 0.3) is 0 Å². The lowest BCUT2D eigenvalue weighted by Gasteiger charge is -2.24. The third kappa shape index (κ3) is 6.31. The summed E-state index contributed by atoms with van der Waals surface area (Å²) in [6.45, 7) is 3.79. The van der Waals surface area contributed by atoms with Crippen molar-refractivity contribution >= 4 is 17.8 Å². The molecule has 0 spiro atoms. The molecular formula is C23H32N2O4. The van der Waals surface area contributed by atoms with Crippen molar-refractivity contribution < 1.29 is 19.1 Å². The van der Waals surface area contributed by atoms with Gasteiger partial charge in [0, 0.05) is 45.1 Å². The van der Waals surface area contributed by atoms with E-state index in [1.165, 1.54) is 39.0 Å². The highest BCUT2D eigenvalue weighted by molar-refractivity contribution is 5.94. The van der Waals surface area contributed by atoms with Gasteiger partial charge in [-0.25, -0.2) is 0 Å². The number of ether oxygens (including phenoxy) is 1. The van der Waals surface area contributed by atoms with Crippen molar-refractivity contribution in [2.75, 3.05) is 26.2 Å². The van der Waals surface area contributed by atoms with Gasteiger partial charge in [-0.2, -0.15) is 0 Å². The SMILES string of the molecule is CC(=O)Oc1cccc(C(=O)N2CCCN(C(=O)CCC3CCCCC3)CC2)c1. The highest BCUT2D eigenvalue weighted by Crippen LogP contribution is 2.27. The summed E-state index contributed by atoms with van der Waals surface area (Å²) in [5, 5.41) is 0. The minimum Gasteiger partial charge on any atom is -0.427 e. The average Bonchev–Trinajstić information content (AvgIpc) is 2.98. The molecule has 1 aromatic rings. The Kier molecular flexibility index (Phi) is 7.67. The first-order valence-corrected chi connectivity index (χ1v) is 10.9. The number of nitrogens with zero attached hydrogens (tertiary/aromatic N) is 2. The quantitative estimate of drug-likeness (QED) is 0.559. The van der Waals surface area contributed by atoms with Crippen LogP contribution in [0, 0.1) is 5.92 Å². The molecule has 1 aromatic carbocycles. The Bertz CT molecular complexity index is 727. The number of amides is 2. The molecule has 0 unspecified atom stereocenters. The maximum atomic E-state index is 12.9. The van der Waals surface area contributed by atoms with Crippen molar-refractivity contribution in [3.8, 4) is 5.75 Å². The molecule has 158 valence electrons. The molecule has 6 nitrogen and oxygen atoms in total. The molecular weight excluding hydrogens is 368 g/mol. The van der Waals surface area contributed by atoms with E-state index in [2.05, 4.69) is 0 Å². The standard InChI is InChI=1S/C23H32N2O4/c1-18(26)29-21-10-5-9-20(17-21)23(28)25-14-6-13-24(15-16-25)22(27)12-11-19-7-3-2-4-8-19/h5,9-10,17,19H,2-4,6-8,11-16H2,1H3. The number of esters is 1. The van der Waals surface area contributed by atoms with Gasteiger partial charge < -0.3 is 14.5 Å². The molecule has 2 fully saturated rings. The highest BCUT2D eigenvalue weighted by atomic mass is 16.5. The lowest BCUT2D eigenvalue weighted by molar-refractivity contribution is -0.132. The van der Waals surface area contributed by atoms with E-state index < -0.39 is 5.97 Å². The largest absolute Gasteiger partial charge is 0.427 e. The molecule has 0 aromatic heterocycles. The first-order chi connectivity index (χ1) is 14.0. The van der Waals surface area contributed by atoms with E-state index in [1.807, 2.05) is 4.90 Å². The van der Waals surface area contributed by atoms with Gasteiger partial charge in [0.05, 0.1) is 0 Å². The third-order valence-corrected chi connectivity index (χ3v) is 5.97. The van der Waals surface area contributed by atoms with Crippen LogP contribution in [-0.2, 0) is 9.59 Å². The summed E-state index contributed by atoms with van der Waals surface area (Å²) < 4.78 is 5.08. The molecule has 2 aliphatic rings. The lowest BCUT2D eigenvalue weighted by Crippen LogP contribution is -2.37. The fraction of sp³-hybridized carbons (Fsp3) is 0.609. The van der Waals surface area contributed by atoms with Crippen molar-refractivity contribution in [3.05, 3.63) is 29.8 Å². The second-order valence-corrected chi connectivity index (χ2v) is 8.19. The average molecular weight is 401 g/mol. The number of rotatable bonds is 5. The van der Waals surface area contributed by atoms with Crippen LogP contribution >= 0.6 is 0 Å². The van der Waals surface area contributed by atoms with Crippen LogP contribution in [0.1, 0.15) is 68.6 Å². The van der Waals surface area contributed by atoms with Gasteiger partial charge in [-0.3, -0.25) is 14.4 Å². The summed E-state index contributed by atoms with van der Waals surface area (Å²) in [4.78, 5) is 40.4. The van der Waals surface area contributed by atoms with Gasteiger partial charge in [0.15, 0.2) is 0 Å². The Balaban J connectivity index is 1.51. The Labute approximate surface area is 173 Å². The van der Waals surface area contributed by atoms with Gasteiger partial charge in [0.2, 0.25) is 5.91 Å². The molecule has 0 atom stereocenters. The van der Waals surface area contributed by atoms with E-state index >= 15 is 0 Å². The fourth-order valence-electron chi connectivity index (χ4n) is 4.37. The molecule has 29 heavy (non-hydrogen) atoms. The van der Waals surface area contributed by atoms with Crippen LogP contribution in [0.15, 0.2) is 24.3 Å². The van der Waals surface area contributed by atoms with Gasteiger partial charge in [0.1, 0.15) is 5.75 Å². The van der Waals surface area contributed by atoms with Crippen LogP contribution in [-0.4, -0.2) is 53.8 Å². The van der Waals surface area contributed by atoms with Crippen LogP contribution in [0.5, 0.6) is 5.75 Å². The number of benzene rings is 1. The van der Waals surface area contributed by atoms with E-state index in [-0.39, 0.29) is 11.8 Å².